The molecule has 15 aromatic heterocycles. The van der Waals surface area contributed by atoms with Crippen molar-refractivity contribution in [2.75, 3.05) is 26.6 Å². The second kappa shape index (κ2) is 38.6. The summed E-state index contributed by atoms with van der Waals surface area (Å²) in [5, 5.41) is 67.0. The minimum Gasteiger partial charge on any atom is -0.393 e. The first-order valence-corrected chi connectivity index (χ1v) is 50.1. The molecule has 2 fully saturated rings. The molecule has 8 aromatic carbocycles. The maximum absolute atomic E-state index is 9.71. The standard InChI is InChI=1S/C24H23N5.2C23H20N4S.C22H25N5O.C21H22N4OS/c1-15-5-8-20-18(11-15)13-21(28(20)4)22-14-25-24-10-9-23(27-29(22)24)26-19-7-6-16(2)17(3)12-19;1-14-4-7-20-17(10-14)12-21(28-20)19-13-24-23-9-8-22(26-27(19)23)25-18-6-5-15(2)16(3)11-18;1-14-7-8-18(11-16(14)3)25-21-9-10-22-24-13-19(27(22)26-21)20-12-17-6-4-5-15(2)23(17)28-20;1-14-3-8-18-15(11-14)12-19(26(18)2)20-13-23-22-10-9-21(25-27(20)22)24-16-4-6-17(28)7-5-16;1-13-2-7-18-14(10-13)11-19(27-18)17-12-22-21-9-8-20(24-25(17)21)23-15-3-5-16(26)6-4-15/h5-14H,1-4H3,(H,26,27);2*4-13H,1-3H3,(H,25,26);3,8-13,16-17,28H,4-7H2,1-2H3,(H,24,25);2,7-12,15-16,26H,3-6H2,1H3,(H,23,24). The van der Waals surface area contributed by atoms with Crippen LogP contribution in [-0.2, 0) is 14.1 Å². The lowest BCUT2D eigenvalue weighted by molar-refractivity contribution is 0.125. The van der Waals surface area contributed by atoms with Crippen molar-refractivity contribution in [3.05, 3.63) is 329 Å². The minimum atomic E-state index is -0.149. The van der Waals surface area contributed by atoms with E-state index in [0.717, 1.165) is 166 Å². The Morgan fingerprint density at radius 3 is 0.957 bits per heavy atom. The number of nitrogens with zero attached hydrogens (tertiary/aromatic N) is 17. The van der Waals surface area contributed by atoms with E-state index < -0.39 is 0 Å². The van der Waals surface area contributed by atoms with Crippen LogP contribution in [0.2, 0.25) is 0 Å². The van der Waals surface area contributed by atoms with Crippen LogP contribution < -0.4 is 26.6 Å². The zero-order valence-electron chi connectivity index (χ0n) is 80.6. The molecule has 0 saturated heterocycles. The number of hydrogen-bond donors (Lipinski definition) is 7. The van der Waals surface area contributed by atoms with Crippen LogP contribution in [0, 0.1) is 76.2 Å². The zero-order chi connectivity index (χ0) is 96.3. The highest BCUT2D eigenvalue weighted by molar-refractivity contribution is 7.23. The quantitative estimate of drug-likeness (QED) is 0.0503. The van der Waals surface area contributed by atoms with Gasteiger partial charge in [0.05, 0.1) is 69.2 Å². The zero-order valence-corrected chi connectivity index (χ0v) is 83.0. The van der Waals surface area contributed by atoms with Crippen molar-refractivity contribution in [3.8, 4) is 54.5 Å². The van der Waals surface area contributed by atoms with Gasteiger partial charge in [0.1, 0.15) is 40.1 Å². The molecule has 7 N–H and O–H groups in total. The second-order valence-electron chi connectivity index (χ2n) is 37.4. The Balaban J connectivity index is 0.000000104. The van der Waals surface area contributed by atoms with E-state index in [4.69, 9.17) is 25.5 Å². The molecule has 702 valence electrons. The number of hydrogen-bond acceptors (Lipinski definition) is 20. The molecule has 0 atom stereocenters. The average Bonchev–Trinajstić information content (AvgIpc) is 1.62. The highest BCUT2D eigenvalue weighted by Gasteiger charge is 2.25. The summed E-state index contributed by atoms with van der Waals surface area (Å²) < 4.78 is 17.9. The molecule has 2 aliphatic rings. The molecule has 140 heavy (non-hydrogen) atoms. The van der Waals surface area contributed by atoms with Gasteiger partial charge in [-0.15, -0.1) is 59.5 Å². The van der Waals surface area contributed by atoms with Gasteiger partial charge >= 0.3 is 0 Å². The molecule has 0 radical (unpaired) electrons. The first-order chi connectivity index (χ1) is 67.9. The fraction of sp³-hybridized carbons (Fsp3) is 0.221. The van der Waals surface area contributed by atoms with E-state index in [1.54, 1.807) is 34.0 Å². The van der Waals surface area contributed by atoms with Crippen molar-refractivity contribution >= 4 is 160 Å². The van der Waals surface area contributed by atoms with E-state index in [-0.39, 0.29) is 12.2 Å². The van der Waals surface area contributed by atoms with Gasteiger partial charge < -0.3 is 45.9 Å². The van der Waals surface area contributed by atoms with Crippen LogP contribution in [0.15, 0.2) is 268 Å². The van der Waals surface area contributed by atoms with Crippen LogP contribution >= 0.6 is 34.0 Å². The maximum atomic E-state index is 9.71. The van der Waals surface area contributed by atoms with Crippen molar-refractivity contribution in [2.24, 2.45) is 14.1 Å². The Kier molecular flexibility index (Phi) is 25.1. The Hall–Kier alpha value is -15.3. The van der Waals surface area contributed by atoms with Crippen molar-refractivity contribution < 1.29 is 10.2 Å². The number of fused-ring (bicyclic) bond motifs is 10. The summed E-state index contributed by atoms with van der Waals surface area (Å²) in [6, 6.07) is 83.3. The molecule has 25 rings (SSSR count). The Bertz CT molecular complexity index is 8590. The van der Waals surface area contributed by atoms with Crippen molar-refractivity contribution in [1.29, 1.82) is 0 Å². The van der Waals surface area contributed by atoms with Gasteiger partial charge in [0.15, 0.2) is 45.7 Å². The first kappa shape index (κ1) is 91.2. The SMILES string of the molecule is Cc1ccc(Nc2ccc3ncc(-c4cc5cccc(C)c5s4)n3n2)cc1C.Cc1ccc2c(c1)cc(-c1cnc3ccc(NC4CCC(O)CC4)nn13)n2C.Cc1ccc2c(c1)cc(-c1cnc3ccc(Nc4ccc(C)c(C)c4)nn13)n2C.Cc1ccc2sc(-c3cnc4ccc(NC5CCC(O)CC5)nn34)cc2c1.Cc1ccc2sc(-c3cnc4ccc(Nc5ccc(C)c(C)c5)nn34)cc2c1. The highest BCUT2D eigenvalue weighted by atomic mass is 32.1. The van der Waals surface area contributed by atoms with Gasteiger partial charge in [0.25, 0.3) is 0 Å². The van der Waals surface area contributed by atoms with Crippen LogP contribution in [-0.4, -0.2) is 117 Å². The lowest BCUT2D eigenvalue weighted by Crippen LogP contribution is -2.28. The number of aryl methyl sites for hydroxylation is 13. The summed E-state index contributed by atoms with van der Waals surface area (Å²) in [6.45, 7) is 23.3. The predicted molar refractivity (Wildman–Crippen MR) is 576 cm³/mol. The van der Waals surface area contributed by atoms with Crippen LogP contribution in [0.1, 0.15) is 113 Å². The van der Waals surface area contributed by atoms with E-state index in [9.17, 15) is 10.2 Å². The number of aliphatic hydroxyl groups excluding tert-OH is 2. The summed E-state index contributed by atoms with van der Waals surface area (Å²) in [5.74, 6) is 4.09. The number of aromatic nitrogens is 17. The summed E-state index contributed by atoms with van der Waals surface area (Å²) in [5.41, 5.74) is 30.9. The summed E-state index contributed by atoms with van der Waals surface area (Å²) in [6.07, 6.45) is 16.5. The molecule has 0 spiro atoms. The first-order valence-electron chi connectivity index (χ1n) is 47.7. The molecule has 0 unspecified atom stereocenters. The molecule has 23 aromatic rings. The molecule has 2 saturated carbocycles. The molecular weight excluding hydrogens is 1790 g/mol. The number of aliphatic hydroxyl groups is 2. The van der Waals surface area contributed by atoms with Gasteiger partial charge in [-0.05, 0) is 346 Å². The molecule has 27 heteroatoms. The topological polar surface area (TPSA) is 261 Å². The molecular formula is C113H110N22O2S3. The van der Waals surface area contributed by atoms with Crippen molar-refractivity contribution in [3.63, 3.8) is 0 Å². The van der Waals surface area contributed by atoms with E-state index >= 15 is 0 Å². The highest BCUT2D eigenvalue weighted by Crippen LogP contribution is 2.41. The van der Waals surface area contributed by atoms with E-state index in [1.165, 1.54) is 128 Å². The normalized spacial score (nSPS) is 14.9. The monoisotopic (exact) mass is 1900 g/mol. The van der Waals surface area contributed by atoms with Gasteiger partial charge in [-0.2, -0.15) is 0 Å². The third-order valence-corrected chi connectivity index (χ3v) is 30.6. The third kappa shape index (κ3) is 19.2. The molecule has 24 nitrogen and oxygen atoms in total. The van der Waals surface area contributed by atoms with Gasteiger partial charge in [-0.3, -0.25) is 0 Å². The fourth-order valence-electron chi connectivity index (χ4n) is 18.7. The number of rotatable bonds is 15. The molecule has 2 aliphatic carbocycles. The van der Waals surface area contributed by atoms with Crippen molar-refractivity contribution in [2.45, 2.75) is 152 Å². The van der Waals surface area contributed by atoms with Crippen LogP contribution in [0.5, 0.6) is 0 Å². The predicted octanol–water partition coefficient (Wildman–Crippen LogP) is 26.7. The average molecular weight is 1900 g/mol. The van der Waals surface area contributed by atoms with Gasteiger partial charge in [-0.25, -0.2) is 47.5 Å². The maximum Gasteiger partial charge on any atom is 0.154 e. The van der Waals surface area contributed by atoms with Gasteiger partial charge in [-0.1, -0.05) is 95.1 Å². The molecule has 0 bridgehead atoms. The summed E-state index contributed by atoms with van der Waals surface area (Å²) in [7, 11) is 4.17. The summed E-state index contributed by atoms with van der Waals surface area (Å²) >= 11 is 5.33. The van der Waals surface area contributed by atoms with Crippen LogP contribution in [0.3, 0.4) is 0 Å². The minimum absolute atomic E-state index is 0.143. The third-order valence-electron chi connectivity index (χ3n) is 27.0. The number of nitrogens with one attached hydrogen (secondary N) is 5. The van der Waals surface area contributed by atoms with E-state index in [2.05, 4.69) is 327 Å². The number of thiophene rings is 3. The smallest absolute Gasteiger partial charge is 0.154 e. The Morgan fingerprint density at radius 2 is 0.593 bits per heavy atom. The Morgan fingerprint density at radius 1 is 0.271 bits per heavy atom. The number of benzene rings is 8. The largest absolute Gasteiger partial charge is 0.393 e. The van der Waals surface area contributed by atoms with Crippen LogP contribution in [0.4, 0.5) is 46.2 Å². The van der Waals surface area contributed by atoms with Gasteiger partial charge in [0.2, 0.25) is 0 Å². The van der Waals surface area contributed by atoms with Crippen LogP contribution in [0.25, 0.3) is 135 Å². The lowest BCUT2D eigenvalue weighted by Gasteiger charge is -2.26. The second-order valence-corrected chi connectivity index (χ2v) is 40.7. The fourth-order valence-corrected chi connectivity index (χ4v) is 21.9. The Labute approximate surface area is 822 Å². The van der Waals surface area contributed by atoms with Crippen molar-refractivity contribution in [1.82, 2.24) is 82.1 Å². The lowest BCUT2D eigenvalue weighted by atomic mass is 9.93. The van der Waals surface area contributed by atoms with E-state index in [0.29, 0.717) is 12.1 Å². The molecule has 0 aliphatic heterocycles. The number of anilines is 8. The van der Waals surface area contributed by atoms with Gasteiger partial charge in [0, 0.05) is 79.1 Å². The summed E-state index contributed by atoms with van der Waals surface area (Å²) in [4.78, 5) is 26.2. The number of imidazole rings is 5. The molecule has 0 amide bonds. The van der Waals surface area contributed by atoms with E-state index in [1.807, 2.05) is 114 Å². The molecule has 15 heterocycles.